The minimum absolute atomic E-state index is 0.0628. The Hall–Kier alpha value is -2.96. The number of hydrogen-bond acceptors (Lipinski definition) is 4. The first-order chi connectivity index (χ1) is 18.5. The Morgan fingerprint density at radius 3 is 2.34 bits per heavy atom. The van der Waals surface area contributed by atoms with Crippen LogP contribution in [0.1, 0.15) is 70.2 Å². The Kier molecular flexibility index (Phi) is 8.29. The van der Waals surface area contributed by atoms with E-state index in [0.29, 0.717) is 26.2 Å². The van der Waals surface area contributed by atoms with Gasteiger partial charge < -0.3 is 9.80 Å². The number of rotatable bonds is 7. The Labute approximate surface area is 231 Å². The van der Waals surface area contributed by atoms with E-state index in [9.17, 15) is 9.59 Å². The molecule has 0 aliphatic carbocycles. The number of carbonyl (C=O) groups is 2. The van der Waals surface area contributed by atoms with Crippen LogP contribution in [-0.4, -0.2) is 65.3 Å². The van der Waals surface area contributed by atoms with Crippen LogP contribution in [0.4, 0.5) is 0 Å². The highest BCUT2D eigenvalue weighted by Gasteiger charge is 2.38. The highest BCUT2D eigenvalue weighted by molar-refractivity contribution is 7.10. The standard InChI is InChI=1S/C32H39N3O2S/c1-4-5-9-25-11-13-26(14-12-25)32(37)34-20-18-33(19-21-34)31(36)24(3)35-17-15-29-28(16-22-38-29)30(35)27-10-7-6-8-23(27)2/h6-8,10-14,16,22,24,30H,4-5,9,15,17-21H2,1-3H3. The summed E-state index contributed by atoms with van der Waals surface area (Å²) in [7, 11) is 0. The summed E-state index contributed by atoms with van der Waals surface area (Å²) in [5.74, 6) is 0.225. The molecule has 3 aromatic rings. The van der Waals surface area contributed by atoms with Gasteiger partial charge in [0.05, 0.1) is 12.1 Å². The average molecular weight is 530 g/mol. The average Bonchev–Trinajstić information content (AvgIpc) is 3.44. The second-order valence-electron chi connectivity index (χ2n) is 10.6. The lowest BCUT2D eigenvalue weighted by Crippen LogP contribution is -2.56. The molecule has 6 heteroatoms. The normalized spacial score (nSPS) is 18.8. The van der Waals surface area contributed by atoms with E-state index in [1.54, 1.807) is 0 Å². The first-order valence-corrected chi connectivity index (χ1v) is 14.9. The topological polar surface area (TPSA) is 43.9 Å². The molecule has 0 saturated carbocycles. The van der Waals surface area contributed by atoms with Gasteiger partial charge in [0, 0.05) is 43.2 Å². The van der Waals surface area contributed by atoms with Crippen molar-refractivity contribution in [3.8, 4) is 0 Å². The maximum atomic E-state index is 13.8. The highest BCUT2D eigenvalue weighted by atomic mass is 32.1. The van der Waals surface area contributed by atoms with Crippen molar-refractivity contribution in [2.45, 2.75) is 58.5 Å². The fourth-order valence-electron chi connectivity index (χ4n) is 5.91. The van der Waals surface area contributed by atoms with Crippen LogP contribution in [0.25, 0.3) is 0 Å². The van der Waals surface area contributed by atoms with E-state index < -0.39 is 0 Å². The van der Waals surface area contributed by atoms with Gasteiger partial charge in [-0.3, -0.25) is 14.5 Å². The van der Waals surface area contributed by atoms with Crippen LogP contribution in [0.3, 0.4) is 0 Å². The van der Waals surface area contributed by atoms with Crippen LogP contribution < -0.4 is 0 Å². The Bertz CT molecular complexity index is 1260. The molecule has 1 fully saturated rings. The molecule has 2 amide bonds. The molecule has 3 heterocycles. The third-order valence-corrected chi connectivity index (χ3v) is 9.24. The molecule has 5 rings (SSSR count). The first kappa shape index (κ1) is 26.6. The third-order valence-electron chi connectivity index (χ3n) is 8.24. The van der Waals surface area contributed by atoms with Crippen LogP contribution in [0, 0.1) is 6.92 Å². The predicted molar refractivity (Wildman–Crippen MR) is 155 cm³/mol. The summed E-state index contributed by atoms with van der Waals surface area (Å²) in [6.45, 7) is 9.59. The number of aryl methyl sites for hydroxylation is 2. The van der Waals surface area contributed by atoms with Gasteiger partial charge in [-0.25, -0.2) is 0 Å². The van der Waals surface area contributed by atoms with Crippen molar-refractivity contribution >= 4 is 23.2 Å². The van der Waals surface area contributed by atoms with Crippen molar-refractivity contribution in [3.63, 3.8) is 0 Å². The molecule has 1 aromatic heterocycles. The summed E-state index contributed by atoms with van der Waals surface area (Å²) in [6, 6.07) is 18.7. The molecule has 2 aromatic carbocycles. The van der Waals surface area contributed by atoms with Gasteiger partial charge in [0.1, 0.15) is 0 Å². The monoisotopic (exact) mass is 529 g/mol. The van der Waals surface area contributed by atoms with Crippen LogP contribution in [0.15, 0.2) is 60.0 Å². The van der Waals surface area contributed by atoms with Crippen molar-refractivity contribution in [2.24, 2.45) is 0 Å². The second-order valence-corrected chi connectivity index (χ2v) is 11.6. The second kappa shape index (κ2) is 11.8. The zero-order valence-electron chi connectivity index (χ0n) is 22.9. The Balaban J connectivity index is 1.24. The lowest BCUT2D eigenvalue weighted by atomic mass is 9.89. The number of piperazine rings is 1. The molecule has 1 saturated heterocycles. The SMILES string of the molecule is CCCCc1ccc(C(=O)N2CCN(C(=O)C(C)N3CCc4sccc4C3c3ccccc3C)CC2)cc1. The largest absolute Gasteiger partial charge is 0.338 e. The van der Waals surface area contributed by atoms with Gasteiger partial charge in [-0.1, -0.05) is 49.7 Å². The van der Waals surface area contributed by atoms with Crippen LogP contribution in [-0.2, 0) is 17.6 Å². The zero-order valence-corrected chi connectivity index (χ0v) is 23.7. The summed E-state index contributed by atoms with van der Waals surface area (Å²) in [5.41, 5.74) is 5.89. The molecule has 38 heavy (non-hydrogen) atoms. The minimum atomic E-state index is -0.231. The van der Waals surface area contributed by atoms with Gasteiger partial charge in [0.2, 0.25) is 5.91 Å². The van der Waals surface area contributed by atoms with E-state index in [4.69, 9.17) is 0 Å². The lowest BCUT2D eigenvalue weighted by Gasteiger charge is -2.43. The number of carbonyl (C=O) groups excluding carboxylic acids is 2. The van der Waals surface area contributed by atoms with E-state index in [1.165, 1.54) is 40.0 Å². The quantitative estimate of drug-likeness (QED) is 0.393. The summed E-state index contributed by atoms with van der Waals surface area (Å²) in [5, 5.41) is 2.18. The summed E-state index contributed by atoms with van der Waals surface area (Å²) >= 11 is 1.83. The fourth-order valence-corrected chi connectivity index (χ4v) is 6.81. The molecule has 2 aliphatic heterocycles. The van der Waals surface area contributed by atoms with Crippen molar-refractivity contribution in [1.82, 2.24) is 14.7 Å². The Morgan fingerprint density at radius 1 is 0.921 bits per heavy atom. The smallest absolute Gasteiger partial charge is 0.253 e. The number of unbranched alkanes of at least 4 members (excludes halogenated alkanes) is 1. The van der Waals surface area contributed by atoms with Crippen molar-refractivity contribution in [3.05, 3.63) is 92.7 Å². The molecule has 2 unspecified atom stereocenters. The van der Waals surface area contributed by atoms with E-state index >= 15 is 0 Å². The van der Waals surface area contributed by atoms with E-state index in [1.807, 2.05) is 33.3 Å². The van der Waals surface area contributed by atoms with Gasteiger partial charge in [-0.15, -0.1) is 11.3 Å². The number of nitrogens with zero attached hydrogens (tertiary/aromatic N) is 3. The number of thiophene rings is 1. The molecule has 0 bridgehead atoms. The van der Waals surface area contributed by atoms with Gasteiger partial charge in [-0.2, -0.15) is 0 Å². The van der Waals surface area contributed by atoms with Gasteiger partial charge in [0.25, 0.3) is 5.91 Å². The number of hydrogen-bond donors (Lipinski definition) is 0. The highest BCUT2D eigenvalue weighted by Crippen LogP contribution is 2.40. The lowest BCUT2D eigenvalue weighted by molar-refractivity contribution is -0.138. The molecular formula is C32H39N3O2S. The maximum absolute atomic E-state index is 13.8. The number of amides is 2. The van der Waals surface area contributed by atoms with Crippen LogP contribution in [0.2, 0.25) is 0 Å². The zero-order chi connectivity index (χ0) is 26.6. The minimum Gasteiger partial charge on any atom is -0.338 e. The molecule has 0 spiro atoms. The predicted octanol–water partition coefficient (Wildman–Crippen LogP) is 5.72. The Morgan fingerprint density at radius 2 is 1.63 bits per heavy atom. The van der Waals surface area contributed by atoms with Crippen LogP contribution in [0.5, 0.6) is 0 Å². The first-order valence-electron chi connectivity index (χ1n) is 14.0. The number of fused-ring (bicyclic) bond motifs is 1. The van der Waals surface area contributed by atoms with Crippen molar-refractivity contribution < 1.29 is 9.59 Å². The van der Waals surface area contributed by atoms with Crippen LogP contribution >= 0.6 is 11.3 Å². The fraction of sp³-hybridized carbons (Fsp3) is 0.438. The van der Waals surface area contributed by atoms with Crippen molar-refractivity contribution in [2.75, 3.05) is 32.7 Å². The third kappa shape index (κ3) is 5.43. The molecule has 2 aliphatic rings. The van der Waals surface area contributed by atoms with E-state index in [0.717, 1.165) is 24.9 Å². The number of benzene rings is 2. The van der Waals surface area contributed by atoms with Crippen molar-refractivity contribution in [1.29, 1.82) is 0 Å². The molecule has 5 nitrogen and oxygen atoms in total. The molecule has 0 N–H and O–H groups in total. The molecule has 2 atom stereocenters. The summed E-state index contributed by atoms with van der Waals surface area (Å²) in [6.07, 6.45) is 4.37. The maximum Gasteiger partial charge on any atom is 0.253 e. The molecule has 0 radical (unpaired) electrons. The molecule has 200 valence electrons. The van der Waals surface area contributed by atoms with Gasteiger partial charge in [0.15, 0.2) is 0 Å². The summed E-state index contributed by atoms with van der Waals surface area (Å²) < 4.78 is 0. The van der Waals surface area contributed by atoms with E-state index in [-0.39, 0.29) is 23.9 Å². The summed E-state index contributed by atoms with van der Waals surface area (Å²) in [4.78, 5) is 34.6. The molecular weight excluding hydrogens is 490 g/mol. The van der Waals surface area contributed by atoms with Gasteiger partial charge >= 0.3 is 0 Å². The van der Waals surface area contributed by atoms with Gasteiger partial charge in [-0.05, 0) is 78.9 Å². The van der Waals surface area contributed by atoms with E-state index in [2.05, 4.69) is 73.5 Å².